The minimum Gasteiger partial charge on any atom is -0.478 e. The van der Waals surface area contributed by atoms with Gasteiger partial charge in [-0.05, 0) is 169 Å². The average molecular weight is 1050 g/mol. The highest BCUT2D eigenvalue weighted by Crippen LogP contribution is 2.61. The zero-order valence-corrected chi connectivity index (χ0v) is 42.3. The summed E-state index contributed by atoms with van der Waals surface area (Å²) in [7, 11) is 2.74. The maximum absolute atomic E-state index is 11.6. The number of ether oxygens (including phenoxy) is 2. The van der Waals surface area contributed by atoms with Gasteiger partial charge in [-0.25, -0.2) is 14.4 Å². The number of methoxy groups -OCH3 is 2. The molecule has 0 saturated heterocycles. The van der Waals surface area contributed by atoms with E-state index in [0.717, 1.165) is 96.0 Å². The molecule has 1 fully saturated rings. The topological polar surface area (TPSA) is 214 Å². The lowest BCUT2D eigenvalue weighted by molar-refractivity contribution is -0.117. The van der Waals surface area contributed by atoms with E-state index in [-0.39, 0.29) is 17.5 Å². The third kappa shape index (κ3) is 16.5. The number of aromatic nitrogens is 2. The Labute approximate surface area is 425 Å². The summed E-state index contributed by atoms with van der Waals surface area (Å²) in [4.78, 5) is 52.4. The summed E-state index contributed by atoms with van der Waals surface area (Å²) in [5.41, 5.74) is 22.0. The van der Waals surface area contributed by atoms with Crippen molar-refractivity contribution in [2.24, 2.45) is 0 Å². The highest BCUT2D eigenvalue weighted by atomic mass is 36.0. The highest BCUT2D eigenvalue weighted by molar-refractivity contribution is 8.24. The number of halogens is 4. The van der Waals surface area contributed by atoms with Gasteiger partial charge in [-0.3, -0.25) is 19.3 Å². The minimum absolute atomic E-state index is 0.155. The summed E-state index contributed by atoms with van der Waals surface area (Å²) < 4.78 is 18.8. The molecule has 3 aliphatic rings. The van der Waals surface area contributed by atoms with Crippen molar-refractivity contribution in [1.82, 2.24) is 9.97 Å². The van der Waals surface area contributed by atoms with Crippen LogP contribution in [0.25, 0.3) is 21.8 Å². The molecule has 6 N–H and O–H groups in total. The quantitative estimate of drug-likeness (QED) is 0.0718. The SMILES string of the molecule is COC(=O)c1ccc(N)cc1.COC(=O)c1ccc(Nc2c3c(nc4ccccc24)CCC3)cc1.Clc1c2c(nc3ccccc13)CCC2.Nc1ccccc1C(=O)O.O=C1CCCC1.O=P(Cl)(Cl)Cl. The molecule has 18 heteroatoms. The number of ketones is 1. The van der Waals surface area contributed by atoms with Gasteiger partial charge < -0.3 is 31.4 Å². The molecule has 0 atom stereocenters. The van der Waals surface area contributed by atoms with E-state index in [1.54, 1.807) is 54.6 Å². The number of nitrogens with two attached hydrogens (primary N) is 2. The number of aryl methyl sites for hydroxylation is 2. The van der Waals surface area contributed by atoms with Crippen LogP contribution in [0.2, 0.25) is 5.02 Å². The maximum atomic E-state index is 11.6. The van der Waals surface area contributed by atoms with E-state index >= 15 is 0 Å². The Morgan fingerprint density at radius 2 is 1.07 bits per heavy atom. The maximum Gasteiger partial charge on any atom is 0.339 e. The van der Waals surface area contributed by atoms with Crippen LogP contribution in [0, 0.1) is 0 Å². The molecule has 2 heterocycles. The summed E-state index contributed by atoms with van der Waals surface area (Å²) >= 11 is 20.2. The van der Waals surface area contributed by atoms with Gasteiger partial charge in [-0.1, -0.05) is 60.1 Å². The van der Waals surface area contributed by atoms with Gasteiger partial charge in [0.1, 0.15) is 5.78 Å². The van der Waals surface area contributed by atoms with Gasteiger partial charge in [0.2, 0.25) is 0 Å². The number of carboxylic acids is 1. The Balaban J connectivity index is 0.000000170. The van der Waals surface area contributed by atoms with Crippen LogP contribution in [0.4, 0.5) is 22.7 Å². The number of nitrogens with zero attached hydrogens (tertiary/aromatic N) is 2. The first-order valence-corrected chi connectivity index (χ1v) is 26.9. The van der Waals surface area contributed by atoms with E-state index in [4.69, 9.17) is 37.9 Å². The van der Waals surface area contributed by atoms with Gasteiger partial charge in [0.15, 0.2) is 0 Å². The second-order valence-corrected chi connectivity index (χ2v) is 22.9. The number of fused-ring (bicyclic) bond motifs is 4. The molecular formula is C52H52Cl4N5O8P. The zero-order valence-electron chi connectivity index (χ0n) is 38.4. The fourth-order valence-electron chi connectivity index (χ4n) is 7.66. The molecule has 2 aromatic heterocycles. The number of esters is 2. The Bertz CT molecular complexity index is 2970. The minimum atomic E-state index is -3.22. The van der Waals surface area contributed by atoms with Crippen LogP contribution in [0.3, 0.4) is 0 Å². The molecule has 0 amide bonds. The van der Waals surface area contributed by atoms with Crippen molar-refractivity contribution in [3.63, 3.8) is 0 Å². The van der Waals surface area contributed by atoms with Crippen LogP contribution >= 0.6 is 50.5 Å². The van der Waals surface area contributed by atoms with Gasteiger partial charge in [0.25, 0.3) is 0 Å². The van der Waals surface area contributed by atoms with E-state index in [9.17, 15) is 23.7 Å². The van der Waals surface area contributed by atoms with E-state index in [1.165, 1.54) is 49.2 Å². The number of benzene rings is 5. The number of para-hydroxylation sites is 3. The molecule has 0 radical (unpaired) electrons. The summed E-state index contributed by atoms with van der Waals surface area (Å²) in [5.74, 6) is -1.20. The molecule has 1 saturated carbocycles. The molecule has 70 heavy (non-hydrogen) atoms. The van der Waals surface area contributed by atoms with Crippen LogP contribution in [0.5, 0.6) is 0 Å². The van der Waals surface area contributed by atoms with Crippen LogP contribution < -0.4 is 16.8 Å². The van der Waals surface area contributed by atoms with Gasteiger partial charge in [0, 0.05) is 52.1 Å². The van der Waals surface area contributed by atoms with Crippen molar-refractivity contribution in [3.8, 4) is 0 Å². The molecule has 0 bridgehead atoms. The standard InChI is InChI=1S/C20H18N2O2.C12H10ClN.C8H9NO2.C7H7NO2.C5H8O.Cl3OP/c1-24-20(23)13-9-11-14(12-10-13)21-19-15-5-2-3-7-17(15)22-18-8-4-6-16(18)19;13-12-8-4-1-2-6-10(8)14-11-7-3-5-9(11)12;1-11-8(10)6-2-4-7(9)5-3-6;8-6-4-2-1-3-5(6)7(9)10;6-5-3-1-2-4-5;1-5(2,3)4/h2-3,5,7,9-12H,4,6,8H2,1H3,(H,21,22);1-2,4,6H,3,5,7H2;2-5H,9H2,1H3;1-4H,8H2,(H,9,10);1-4H2;. The number of hydrogen-bond acceptors (Lipinski definition) is 12. The first-order valence-electron chi connectivity index (χ1n) is 22.1. The number of rotatable bonds is 5. The summed E-state index contributed by atoms with van der Waals surface area (Å²) in [6, 6.07) is 36.6. The van der Waals surface area contributed by atoms with Gasteiger partial charge in [-0.15, -0.1) is 0 Å². The van der Waals surface area contributed by atoms with E-state index in [1.807, 2.05) is 48.5 Å². The first kappa shape index (κ1) is 54.7. The number of hydrogen-bond donors (Lipinski definition) is 4. The molecule has 366 valence electrons. The van der Waals surface area contributed by atoms with E-state index in [2.05, 4.69) is 60.9 Å². The highest BCUT2D eigenvalue weighted by Gasteiger charge is 2.20. The van der Waals surface area contributed by atoms with Gasteiger partial charge in [-0.2, -0.15) is 0 Å². The number of Topliss-reactive ketones (excluding diaryl/α,β-unsaturated/α-hetero) is 1. The summed E-state index contributed by atoms with van der Waals surface area (Å²) in [6.45, 7) is 0. The number of anilines is 4. The molecule has 10 rings (SSSR count). The second kappa shape index (κ2) is 26.7. The zero-order chi connectivity index (χ0) is 50.8. The van der Waals surface area contributed by atoms with Crippen molar-refractivity contribution in [2.45, 2.75) is 64.2 Å². The molecular weight excluding hydrogens is 995 g/mol. The van der Waals surface area contributed by atoms with E-state index in [0.29, 0.717) is 28.3 Å². The van der Waals surface area contributed by atoms with Crippen molar-refractivity contribution in [2.75, 3.05) is 31.0 Å². The molecule has 0 unspecified atom stereocenters. The number of nitrogen functional groups attached to an aromatic ring is 2. The Morgan fingerprint density at radius 1 is 0.614 bits per heavy atom. The van der Waals surface area contributed by atoms with Gasteiger partial charge >= 0.3 is 23.1 Å². The lowest BCUT2D eigenvalue weighted by Crippen LogP contribution is -2.02. The smallest absolute Gasteiger partial charge is 0.339 e. The van der Waals surface area contributed by atoms with Crippen molar-refractivity contribution in [3.05, 3.63) is 166 Å². The predicted octanol–water partition coefficient (Wildman–Crippen LogP) is 13.6. The second-order valence-electron chi connectivity index (χ2n) is 15.8. The first-order chi connectivity index (χ1) is 33.5. The van der Waals surface area contributed by atoms with Crippen molar-refractivity contribution >= 4 is 119 Å². The Kier molecular flexibility index (Phi) is 20.9. The average Bonchev–Trinajstić information content (AvgIpc) is 4.15. The molecule has 0 aliphatic heterocycles. The van der Waals surface area contributed by atoms with Crippen LogP contribution in [-0.4, -0.2) is 53.0 Å². The lowest BCUT2D eigenvalue weighted by Gasteiger charge is -2.15. The summed E-state index contributed by atoms with van der Waals surface area (Å²) in [5, 5.41) is 11.9. The predicted molar refractivity (Wildman–Crippen MR) is 282 cm³/mol. The lowest BCUT2D eigenvalue weighted by atomic mass is 10.1. The molecule has 0 spiro atoms. The molecule has 3 aliphatic carbocycles. The number of aromatic carboxylic acids is 1. The molecule has 5 aromatic carbocycles. The van der Waals surface area contributed by atoms with Crippen LogP contribution in [-0.2, 0) is 44.5 Å². The molecule has 7 aromatic rings. The normalized spacial score (nSPS) is 12.9. The Morgan fingerprint density at radius 3 is 1.56 bits per heavy atom. The van der Waals surface area contributed by atoms with E-state index < -0.39 is 11.2 Å². The van der Waals surface area contributed by atoms with Gasteiger partial charge in [0.05, 0.1) is 52.7 Å². The number of carbonyl (C=O) groups excluding carboxylic acids is 3. The van der Waals surface area contributed by atoms with Crippen molar-refractivity contribution in [1.29, 1.82) is 0 Å². The number of nitrogens with one attached hydrogen (secondary N) is 1. The number of carboxylic acid groups (broad SMARTS) is 1. The largest absolute Gasteiger partial charge is 0.478 e. The monoisotopic (exact) mass is 1050 g/mol. The third-order valence-corrected chi connectivity index (χ3v) is 11.5. The van der Waals surface area contributed by atoms with Crippen molar-refractivity contribution < 1.29 is 38.3 Å². The number of carbonyl (C=O) groups is 4. The third-order valence-electron chi connectivity index (χ3n) is 11.0. The molecule has 13 nitrogen and oxygen atoms in total. The van der Waals surface area contributed by atoms with Crippen LogP contribution in [0.15, 0.2) is 121 Å². The van der Waals surface area contributed by atoms with Crippen LogP contribution in [0.1, 0.15) is 92.1 Å². The summed E-state index contributed by atoms with van der Waals surface area (Å²) in [6.07, 6.45) is 10.6. The Hall–Kier alpha value is -6.21. The fraction of sp³-hybridized carbons (Fsp3) is 0.231. The number of pyridine rings is 2. The fourth-order valence-corrected chi connectivity index (χ4v) is 8.02.